The number of sulfonamides is 1. The zero-order valence-corrected chi connectivity index (χ0v) is 19.5. The molecule has 6 nitrogen and oxygen atoms in total. The molecule has 170 valence electrons. The van der Waals surface area contributed by atoms with E-state index in [0.717, 1.165) is 6.42 Å². The van der Waals surface area contributed by atoms with Gasteiger partial charge in [0.05, 0.1) is 0 Å². The number of piperidine rings is 1. The molecule has 2 aliphatic rings. The van der Waals surface area contributed by atoms with E-state index in [4.69, 9.17) is 0 Å². The zero-order valence-electron chi connectivity index (χ0n) is 16.3. The molecule has 12 heteroatoms. The number of hydrogen-bond acceptors (Lipinski definition) is 3. The molecule has 0 radical (unpaired) electrons. The summed E-state index contributed by atoms with van der Waals surface area (Å²) < 4.78 is 75.2. The number of hydrogen-bond donors (Lipinski definition) is 2. The molecule has 2 unspecified atom stereocenters. The van der Waals surface area contributed by atoms with Gasteiger partial charge in [-0.3, -0.25) is 4.99 Å². The highest BCUT2D eigenvalue weighted by atomic mass is 127. The average Bonchev–Trinajstić information content (AvgIpc) is 3.43. The molecule has 2 N–H and O–H groups in total. The largest absolute Gasteiger partial charge is 0.511 e. The Morgan fingerprint density at radius 3 is 2.43 bits per heavy atom. The van der Waals surface area contributed by atoms with Crippen molar-refractivity contribution in [2.75, 3.05) is 26.7 Å². The molecule has 1 saturated carbocycles. The van der Waals surface area contributed by atoms with E-state index in [1.165, 1.54) is 6.07 Å². The second-order valence-electron chi connectivity index (χ2n) is 7.36. The van der Waals surface area contributed by atoms with Crippen LogP contribution in [0.2, 0.25) is 0 Å². The topological polar surface area (TPSA) is 73.8 Å². The zero-order chi connectivity index (χ0) is 21.2. The van der Waals surface area contributed by atoms with Gasteiger partial charge in [0, 0.05) is 38.6 Å². The third-order valence-electron chi connectivity index (χ3n) is 5.40. The van der Waals surface area contributed by atoms with Gasteiger partial charge in [0.1, 0.15) is 5.82 Å². The monoisotopic (exact) mass is 564 g/mol. The van der Waals surface area contributed by atoms with Crippen molar-refractivity contribution in [1.82, 2.24) is 14.9 Å². The first-order chi connectivity index (χ1) is 13.6. The van der Waals surface area contributed by atoms with Crippen LogP contribution in [0.3, 0.4) is 0 Å². The molecule has 3 rings (SSSR count). The van der Waals surface area contributed by atoms with Gasteiger partial charge in [-0.15, -0.1) is 24.0 Å². The molecule has 1 saturated heterocycles. The number of benzene rings is 1. The number of alkyl halides is 3. The minimum Gasteiger partial charge on any atom is -0.356 e. The van der Waals surface area contributed by atoms with Crippen LogP contribution in [0, 0.1) is 11.7 Å². The summed E-state index contributed by atoms with van der Waals surface area (Å²) in [5, 5.41) is 6.36. The lowest BCUT2D eigenvalue weighted by Crippen LogP contribution is -2.47. The van der Waals surface area contributed by atoms with Gasteiger partial charge in [0.25, 0.3) is 0 Å². The van der Waals surface area contributed by atoms with Crippen LogP contribution in [-0.2, 0) is 10.0 Å². The fraction of sp³-hybridized carbons (Fsp3) is 0.611. The molecule has 1 aliphatic carbocycles. The Bertz CT molecular complexity index is 858. The summed E-state index contributed by atoms with van der Waals surface area (Å²) in [6, 6.07) is 6.71. The van der Waals surface area contributed by atoms with Gasteiger partial charge < -0.3 is 10.6 Å². The van der Waals surface area contributed by atoms with E-state index < -0.39 is 15.5 Å². The van der Waals surface area contributed by atoms with Crippen LogP contribution >= 0.6 is 24.0 Å². The summed E-state index contributed by atoms with van der Waals surface area (Å²) in [4.78, 5) is 4.14. The fourth-order valence-corrected chi connectivity index (χ4v) is 4.57. The minimum absolute atomic E-state index is 0. The molecular weight excluding hydrogens is 539 g/mol. The van der Waals surface area contributed by atoms with Crippen LogP contribution in [0.15, 0.2) is 29.3 Å². The molecule has 2 fully saturated rings. The van der Waals surface area contributed by atoms with E-state index in [1.807, 2.05) is 0 Å². The lowest BCUT2D eigenvalue weighted by molar-refractivity contribution is -0.0496. The summed E-state index contributed by atoms with van der Waals surface area (Å²) >= 11 is 0. The Hall–Kier alpha value is -1.15. The molecule has 0 spiro atoms. The van der Waals surface area contributed by atoms with Crippen molar-refractivity contribution in [3.05, 3.63) is 35.6 Å². The summed E-state index contributed by atoms with van der Waals surface area (Å²) in [6.45, 7) is 0.160. The minimum atomic E-state index is -5.26. The van der Waals surface area contributed by atoms with Crippen molar-refractivity contribution in [3.63, 3.8) is 0 Å². The van der Waals surface area contributed by atoms with Gasteiger partial charge in [-0.05, 0) is 36.8 Å². The molecule has 0 bridgehead atoms. The van der Waals surface area contributed by atoms with Gasteiger partial charge in [0.15, 0.2) is 5.96 Å². The van der Waals surface area contributed by atoms with Crippen LogP contribution in [0.1, 0.15) is 30.7 Å². The smallest absolute Gasteiger partial charge is 0.356 e. The number of halogens is 5. The van der Waals surface area contributed by atoms with Gasteiger partial charge in [-0.25, -0.2) is 12.8 Å². The van der Waals surface area contributed by atoms with E-state index in [1.54, 1.807) is 25.2 Å². The predicted octanol–water partition coefficient (Wildman–Crippen LogP) is 3.03. The number of nitrogens with one attached hydrogen (secondary N) is 2. The SMILES string of the molecule is CN=C(NCC1CCN(S(=O)(=O)C(F)(F)F)CC1)NC1CC1c1ccccc1F.I. The third-order valence-corrected chi connectivity index (χ3v) is 7.03. The summed E-state index contributed by atoms with van der Waals surface area (Å²) in [5.74, 6) is 0.421. The molecule has 1 heterocycles. The summed E-state index contributed by atoms with van der Waals surface area (Å²) in [6.07, 6.45) is 1.45. The Labute approximate surface area is 190 Å². The average molecular weight is 564 g/mol. The second kappa shape index (κ2) is 9.98. The summed E-state index contributed by atoms with van der Waals surface area (Å²) in [5.41, 5.74) is -4.60. The third kappa shape index (κ3) is 5.75. The van der Waals surface area contributed by atoms with Crippen molar-refractivity contribution in [3.8, 4) is 0 Å². The van der Waals surface area contributed by atoms with E-state index in [2.05, 4.69) is 15.6 Å². The van der Waals surface area contributed by atoms with Crippen molar-refractivity contribution < 1.29 is 26.0 Å². The van der Waals surface area contributed by atoms with Crippen molar-refractivity contribution in [2.45, 2.75) is 36.7 Å². The highest BCUT2D eigenvalue weighted by Crippen LogP contribution is 2.41. The van der Waals surface area contributed by atoms with E-state index in [0.29, 0.717) is 35.2 Å². The van der Waals surface area contributed by atoms with Gasteiger partial charge >= 0.3 is 15.5 Å². The Kier molecular flexibility index (Phi) is 8.36. The van der Waals surface area contributed by atoms with Crippen LogP contribution < -0.4 is 10.6 Å². The Balaban J connectivity index is 0.00000320. The van der Waals surface area contributed by atoms with Crippen LogP contribution in [0.25, 0.3) is 0 Å². The number of rotatable bonds is 5. The van der Waals surface area contributed by atoms with Crippen LogP contribution in [0.4, 0.5) is 17.6 Å². The fourth-order valence-electron chi connectivity index (χ4n) is 3.59. The first-order valence-corrected chi connectivity index (χ1v) is 10.9. The van der Waals surface area contributed by atoms with E-state index >= 15 is 0 Å². The normalized spacial score (nSPS) is 23.6. The molecular formula is C18H25F4IN4O2S. The lowest BCUT2D eigenvalue weighted by Gasteiger charge is -2.31. The van der Waals surface area contributed by atoms with Gasteiger partial charge in [0.2, 0.25) is 0 Å². The van der Waals surface area contributed by atoms with Crippen molar-refractivity contribution >= 4 is 40.0 Å². The maximum absolute atomic E-state index is 13.9. The first kappa shape index (κ1) is 25.1. The molecule has 30 heavy (non-hydrogen) atoms. The Morgan fingerprint density at radius 2 is 1.87 bits per heavy atom. The molecule has 1 aliphatic heterocycles. The van der Waals surface area contributed by atoms with Crippen LogP contribution in [-0.4, -0.2) is 56.9 Å². The Morgan fingerprint density at radius 1 is 1.23 bits per heavy atom. The van der Waals surface area contributed by atoms with E-state index in [-0.39, 0.29) is 60.8 Å². The van der Waals surface area contributed by atoms with E-state index in [9.17, 15) is 26.0 Å². The molecule has 0 aromatic heterocycles. The van der Waals surface area contributed by atoms with Gasteiger partial charge in [-0.2, -0.15) is 17.5 Å². The quantitative estimate of drug-likeness (QED) is 0.250. The first-order valence-electron chi connectivity index (χ1n) is 9.41. The maximum atomic E-state index is 13.9. The number of nitrogens with zero attached hydrogens (tertiary/aromatic N) is 2. The van der Waals surface area contributed by atoms with Crippen molar-refractivity contribution in [2.24, 2.45) is 10.9 Å². The van der Waals surface area contributed by atoms with Crippen molar-refractivity contribution in [1.29, 1.82) is 0 Å². The number of guanidine groups is 1. The standard InChI is InChI=1S/C18H24F4N4O2S.HI/c1-23-17(25-16-10-14(16)13-4-2-3-5-15(13)19)24-11-12-6-8-26(9-7-12)29(27,28)18(20,21)22;/h2-5,12,14,16H,6-11H2,1H3,(H2,23,24,25);1H. The highest BCUT2D eigenvalue weighted by molar-refractivity contribution is 14.0. The molecule has 2 atom stereocenters. The maximum Gasteiger partial charge on any atom is 0.511 e. The molecule has 1 aromatic carbocycles. The summed E-state index contributed by atoms with van der Waals surface area (Å²) in [7, 11) is -3.65. The molecule has 0 amide bonds. The lowest BCUT2D eigenvalue weighted by atomic mass is 9.98. The number of aliphatic imine (C=N–C) groups is 1. The molecule has 1 aromatic rings. The second-order valence-corrected chi connectivity index (χ2v) is 9.29. The van der Waals surface area contributed by atoms with Crippen LogP contribution in [0.5, 0.6) is 0 Å². The van der Waals surface area contributed by atoms with Gasteiger partial charge in [-0.1, -0.05) is 18.2 Å². The highest BCUT2D eigenvalue weighted by Gasteiger charge is 2.50. The predicted molar refractivity (Wildman–Crippen MR) is 117 cm³/mol.